The molecule has 4 nitrogen and oxygen atoms in total. The Labute approximate surface area is 299 Å². The summed E-state index contributed by atoms with van der Waals surface area (Å²) in [6.07, 6.45) is 0. The van der Waals surface area contributed by atoms with E-state index in [0.717, 1.165) is 38.9 Å². The van der Waals surface area contributed by atoms with Crippen molar-refractivity contribution in [3.63, 3.8) is 0 Å². The minimum Gasteiger partial charge on any atom is -0.309 e. The number of rotatable bonds is 4. The second kappa shape index (κ2) is 11.2. The fraction of sp³-hybridized carbons (Fsp3) is 0. The van der Waals surface area contributed by atoms with Gasteiger partial charge in [-0.3, -0.25) is 4.57 Å². The topological polar surface area (TPSA) is 35.6 Å². The van der Waals surface area contributed by atoms with Crippen LogP contribution in [0.2, 0.25) is 0 Å². The van der Waals surface area contributed by atoms with E-state index in [2.05, 4.69) is 179 Å². The maximum Gasteiger partial charge on any atom is 0.235 e. The second-order valence-electron chi connectivity index (χ2n) is 13.4. The Kier molecular flexibility index (Phi) is 6.22. The van der Waals surface area contributed by atoms with Crippen LogP contribution in [0.15, 0.2) is 182 Å². The number of hydrogen-bond acceptors (Lipinski definition) is 2. The summed E-state index contributed by atoms with van der Waals surface area (Å²) in [5, 5.41) is 8.33. The molecule has 8 aromatic carbocycles. The molecule has 0 saturated carbocycles. The van der Waals surface area contributed by atoms with Crippen molar-refractivity contribution in [2.45, 2.75) is 0 Å². The highest BCUT2D eigenvalue weighted by Gasteiger charge is 2.19. The van der Waals surface area contributed by atoms with Crippen LogP contribution in [0.25, 0.3) is 99.3 Å². The lowest BCUT2D eigenvalue weighted by atomic mass is 9.97. The van der Waals surface area contributed by atoms with Crippen molar-refractivity contribution in [2.24, 2.45) is 0 Å². The van der Waals surface area contributed by atoms with Gasteiger partial charge in [-0.2, -0.15) is 0 Å². The molecule has 0 bridgehead atoms. The zero-order chi connectivity index (χ0) is 34.2. The third-order valence-electron chi connectivity index (χ3n) is 10.5. The number of aromatic nitrogens is 4. The van der Waals surface area contributed by atoms with E-state index >= 15 is 0 Å². The van der Waals surface area contributed by atoms with Crippen molar-refractivity contribution in [1.29, 1.82) is 0 Å². The van der Waals surface area contributed by atoms with Crippen LogP contribution in [0.5, 0.6) is 0 Å². The van der Waals surface area contributed by atoms with Crippen molar-refractivity contribution in [1.82, 2.24) is 19.1 Å². The lowest BCUT2D eigenvalue weighted by molar-refractivity contribution is 1.01. The van der Waals surface area contributed by atoms with E-state index in [1.165, 1.54) is 54.5 Å². The highest BCUT2D eigenvalue weighted by molar-refractivity contribution is 6.22. The Hall–Kier alpha value is -7.04. The van der Waals surface area contributed by atoms with Crippen LogP contribution in [-0.4, -0.2) is 19.1 Å². The molecule has 0 spiro atoms. The first-order valence-corrected chi connectivity index (χ1v) is 17.7. The molecule has 11 aromatic rings. The Morgan fingerprint density at radius 1 is 0.346 bits per heavy atom. The molecular weight excluding hydrogens is 633 g/mol. The quantitative estimate of drug-likeness (QED) is 0.188. The Bertz CT molecular complexity index is 3170. The van der Waals surface area contributed by atoms with Crippen LogP contribution in [0.3, 0.4) is 0 Å². The summed E-state index contributed by atoms with van der Waals surface area (Å²) in [7, 11) is 0. The Morgan fingerprint density at radius 2 is 0.962 bits per heavy atom. The second-order valence-corrected chi connectivity index (χ2v) is 13.4. The molecule has 0 amide bonds. The summed E-state index contributed by atoms with van der Waals surface area (Å²) >= 11 is 0. The van der Waals surface area contributed by atoms with Crippen molar-refractivity contribution >= 4 is 65.3 Å². The molecule has 0 aliphatic carbocycles. The first-order chi connectivity index (χ1) is 25.8. The van der Waals surface area contributed by atoms with Crippen LogP contribution in [0.4, 0.5) is 0 Å². The van der Waals surface area contributed by atoms with Gasteiger partial charge in [0.2, 0.25) is 5.95 Å². The maximum atomic E-state index is 5.29. The van der Waals surface area contributed by atoms with Crippen LogP contribution >= 0.6 is 0 Å². The number of fused-ring (bicyclic) bond motifs is 9. The summed E-state index contributed by atoms with van der Waals surface area (Å²) in [6, 6.07) is 64.9. The van der Waals surface area contributed by atoms with Crippen LogP contribution < -0.4 is 0 Å². The summed E-state index contributed by atoms with van der Waals surface area (Å²) in [5.41, 5.74) is 11.0. The van der Waals surface area contributed by atoms with E-state index in [1.807, 2.05) is 12.1 Å². The molecule has 4 heteroatoms. The molecule has 11 rings (SSSR count). The predicted octanol–water partition coefficient (Wildman–Crippen LogP) is 12.3. The van der Waals surface area contributed by atoms with E-state index in [1.54, 1.807) is 0 Å². The average Bonchev–Trinajstić information content (AvgIpc) is 3.74. The van der Waals surface area contributed by atoms with E-state index in [9.17, 15) is 0 Å². The molecule has 52 heavy (non-hydrogen) atoms. The van der Waals surface area contributed by atoms with E-state index < -0.39 is 0 Å². The highest BCUT2D eigenvalue weighted by atomic mass is 15.2. The maximum absolute atomic E-state index is 5.29. The Balaban J connectivity index is 1.16. The van der Waals surface area contributed by atoms with Crippen LogP contribution in [-0.2, 0) is 0 Å². The van der Waals surface area contributed by atoms with Crippen molar-refractivity contribution in [3.8, 4) is 34.0 Å². The zero-order valence-electron chi connectivity index (χ0n) is 28.1. The summed E-state index contributed by atoms with van der Waals surface area (Å²) in [6.45, 7) is 0. The average molecular weight is 663 g/mol. The van der Waals surface area contributed by atoms with E-state index in [0.29, 0.717) is 5.95 Å². The predicted molar refractivity (Wildman–Crippen MR) is 217 cm³/mol. The first kappa shape index (κ1) is 28.8. The summed E-state index contributed by atoms with van der Waals surface area (Å²) in [5.74, 6) is 0.665. The fourth-order valence-electron chi connectivity index (χ4n) is 8.17. The van der Waals surface area contributed by atoms with E-state index in [4.69, 9.17) is 9.97 Å². The monoisotopic (exact) mass is 662 g/mol. The van der Waals surface area contributed by atoms with Gasteiger partial charge in [-0.25, -0.2) is 9.97 Å². The molecule has 0 radical (unpaired) electrons. The van der Waals surface area contributed by atoms with Gasteiger partial charge in [0.15, 0.2) is 0 Å². The van der Waals surface area contributed by atoms with Gasteiger partial charge in [-0.15, -0.1) is 0 Å². The molecule has 0 aliphatic rings. The smallest absolute Gasteiger partial charge is 0.235 e. The van der Waals surface area contributed by atoms with Gasteiger partial charge in [0.05, 0.1) is 33.3 Å². The third-order valence-corrected chi connectivity index (χ3v) is 10.5. The van der Waals surface area contributed by atoms with Gasteiger partial charge in [0, 0.05) is 38.2 Å². The Morgan fingerprint density at radius 3 is 1.79 bits per heavy atom. The molecule has 3 heterocycles. The number of nitrogens with zero attached hydrogens (tertiary/aromatic N) is 4. The van der Waals surface area contributed by atoms with Gasteiger partial charge < -0.3 is 4.57 Å². The molecule has 0 saturated heterocycles. The zero-order valence-corrected chi connectivity index (χ0v) is 28.1. The lowest BCUT2D eigenvalue weighted by Gasteiger charge is -2.12. The summed E-state index contributed by atoms with van der Waals surface area (Å²) in [4.78, 5) is 10.5. The normalized spacial score (nSPS) is 11.8. The molecule has 242 valence electrons. The van der Waals surface area contributed by atoms with Gasteiger partial charge in [-0.1, -0.05) is 133 Å². The van der Waals surface area contributed by atoms with Gasteiger partial charge >= 0.3 is 0 Å². The molecule has 0 N–H and O–H groups in total. The summed E-state index contributed by atoms with van der Waals surface area (Å²) < 4.78 is 4.62. The highest BCUT2D eigenvalue weighted by Crippen LogP contribution is 2.40. The van der Waals surface area contributed by atoms with Crippen molar-refractivity contribution in [3.05, 3.63) is 182 Å². The van der Waals surface area contributed by atoms with E-state index in [-0.39, 0.29) is 0 Å². The molecule has 0 atom stereocenters. The number of benzene rings is 8. The van der Waals surface area contributed by atoms with Crippen LogP contribution in [0.1, 0.15) is 0 Å². The van der Waals surface area contributed by atoms with Crippen LogP contribution in [0, 0.1) is 0 Å². The standard InChI is InChI=1S/C48H30N4/c1-3-13-32(14-4-1)47-38-18-7-10-20-41(38)49-48(50-47)52-43-22-12-9-19-39(43)46-40-29-33(24-23-31(40)26-28-44(46)52)34-25-27-37-36-17-8-11-21-42(36)51(45(37)30-34)35-15-5-2-6-16-35/h1-30H. The third kappa shape index (κ3) is 4.28. The van der Waals surface area contributed by atoms with Crippen molar-refractivity contribution < 1.29 is 0 Å². The lowest BCUT2D eigenvalue weighted by Crippen LogP contribution is -2.03. The largest absolute Gasteiger partial charge is 0.309 e. The molecule has 0 fully saturated rings. The van der Waals surface area contributed by atoms with Gasteiger partial charge in [-0.05, 0) is 70.4 Å². The molecule has 0 aliphatic heterocycles. The van der Waals surface area contributed by atoms with Gasteiger partial charge in [0.25, 0.3) is 0 Å². The minimum absolute atomic E-state index is 0.665. The van der Waals surface area contributed by atoms with Gasteiger partial charge in [0.1, 0.15) is 0 Å². The van der Waals surface area contributed by atoms with Crippen molar-refractivity contribution in [2.75, 3.05) is 0 Å². The molecule has 3 aromatic heterocycles. The number of para-hydroxylation sites is 4. The fourth-order valence-corrected chi connectivity index (χ4v) is 8.17. The minimum atomic E-state index is 0.665. The number of hydrogen-bond donors (Lipinski definition) is 0. The first-order valence-electron chi connectivity index (χ1n) is 17.7. The molecular formula is C48H30N4. The SMILES string of the molecule is c1ccc(-c2nc(-n3c4ccccc4c4c5cc(-c6ccc7c8ccccc8n(-c8ccccc8)c7c6)ccc5ccc43)nc3ccccc23)cc1. The molecule has 0 unspecified atom stereocenters.